The Balaban J connectivity index is 1.88. The van der Waals surface area contributed by atoms with Gasteiger partial charge in [-0.3, -0.25) is 9.59 Å². The van der Waals surface area contributed by atoms with E-state index in [0.29, 0.717) is 16.8 Å². The van der Waals surface area contributed by atoms with Gasteiger partial charge in [-0.2, -0.15) is 13.2 Å². The van der Waals surface area contributed by atoms with Crippen molar-refractivity contribution in [3.05, 3.63) is 65.0 Å². The lowest BCUT2D eigenvalue weighted by atomic mass is 9.80. The van der Waals surface area contributed by atoms with Crippen molar-refractivity contribution in [2.24, 2.45) is 16.6 Å². The van der Waals surface area contributed by atoms with Gasteiger partial charge in [0, 0.05) is 42.3 Å². The first-order chi connectivity index (χ1) is 19.0. The number of nitrogens with one attached hydrogen (secondary N) is 1. The molecule has 40 heavy (non-hydrogen) atoms. The highest BCUT2D eigenvalue weighted by Crippen LogP contribution is 2.33. The van der Waals surface area contributed by atoms with Crippen LogP contribution in [0.15, 0.2) is 58.7 Å². The number of alkyl halides is 3. The zero-order valence-corrected chi connectivity index (χ0v) is 22.2. The Bertz CT molecular complexity index is 1230. The number of rotatable bonds is 11. The summed E-state index contributed by atoms with van der Waals surface area (Å²) < 4.78 is 39.4. The molecular weight excluding hydrogens is 527 g/mol. The van der Waals surface area contributed by atoms with Gasteiger partial charge in [-0.15, -0.1) is 0 Å². The predicted octanol–water partition coefficient (Wildman–Crippen LogP) is 4.62. The molecule has 1 aliphatic rings. The summed E-state index contributed by atoms with van der Waals surface area (Å²) in [6.07, 6.45) is 1.42. The third-order valence-electron chi connectivity index (χ3n) is 6.82. The van der Waals surface area contributed by atoms with Crippen molar-refractivity contribution in [1.82, 2.24) is 9.88 Å². The predicted molar refractivity (Wildman–Crippen MR) is 145 cm³/mol. The van der Waals surface area contributed by atoms with E-state index in [0.717, 1.165) is 38.2 Å². The number of aliphatic carboxylic acids is 1. The molecule has 1 aromatic heterocycles. The normalized spacial score (nSPS) is 15.9. The molecule has 2 aromatic rings. The van der Waals surface area contributed by atoms with Crippen LogP contribution in [0, 0.1) is 5.92 Å². The number of aliphatic imine (C=N–C) groups is 1. The molecule has 1 atom stereocenters. The summed E-state index contributed by atoms with van der Waals surface area (Å²) in [4.78, 5) is 32.6. The number of carbonyl (C=O) groups excluding carboxylic acids is 1. The van der Waals surface area contributed by atoms with Gasteiger partial charge in [0.15, 0.2) is 5.82 Å². The number of halogens is 3. The minimum atomic E-state index is -4.61. The van der Waals surface area contributed by atoms with E-state index in [4.69, 9.17) is 10.8 Å². The van der Waals surface area contributed by atoms with Crippen LogP contribution < -0.4 is 11.1 Å². The van der Waals surface area contributed by atoms with Crippen molar-refractivity contribution in [3.63, 3.8) is 0 Å². The number of nitrogens with zero attached hydrogens (tertiary/aromatic N) is 3. The topological polar surface area (TPSA) is 141 Å². The molecule has 1 fully saturated rings. The third-order valence-corrected chi connectivity index (χ3v) is 6.82. The zero-order valence-electron chi connectivity index (χ0n) is 22.2. The number of aliphatic hydroxyl groups excluding tert-OH is 1. The van der Waals surface area contributed by atoms with Crippen molar-refractivity contribution in [3.8, 4) is 0 Å². The number of benzene rings is 1. The first-order valence-electron chi connectivity index (χ1n) is 13.0. The van der Waals surface area contributed by atoms with E-state index >= 15 is 0 Å². The standard InChI is InChI=1S/C28H34F3N5O4/c1-36(15-14-25(38)39)27(40)19-10-12-20(13-11-19)34-26(18-6-3-2-4-7-18)21(22(32)17-37)16-33-24-9-5-8-23(35-24)28(29,30)31/h5,8-13,16,18,26,34,37H,2-4,6-7,14-15,17,32H2,1H3,(H,38,39). The Labute approximate surface area is 230 Å². The second-order valence-electron chi connectivity index (χ2n) is 9.74. The number of nitrogens with two attached hydrogens (primary N) is 1. The molecule has 216 valence electrons. The number of carbonyl (C=O) groups is 2. The molecule has 3 rings (SSSR count). The summed E-state index contributed by atoms with van der Waals surface area (Å²) in [5.41, 5.74) is 6.76. The summed E-state index contributed by atoms with van der Waals surface area (Å²) in [6, 6.07) is 9.70. The van der Waals surface area contributed by atoms with Gasteiger partial charge in [0.05, 0.1) is 19.1 Å². The molecule has 5 N–H and O–H groups in total. The van der Waals surface area contributed by atoms with Crippen LogP contribution in [-0.4, -0.2) is 64.4 Å². The molecule has 0 saturated heterocycles. The maximum Gasteiger partial charge on any atom is 0.433 e. The Kier molecular flexibility index (Phi) is 10.7. The summed E-state index contributed by atoms with van der Waals surface area (Å²) >= 11 is 0. The first kappa shape index (κ1) is 30.6. The molecule has 1 amide bonds. The molecule has 1 aromatic carbocycles. The fourth-order valence-electron chi connectivity index (χ4n) is 4.63. The maximum absolute atomic E-state index is 13.1. The second-order valence-corrected chi connectivity index (χ2v) is 9.74. The maximum atomic E-state index is 13.1. The molecule has 1 saturated carbocycles. The Morgan fingerprint density at radius 1 is 1.18 bits per heavy atom. The summed E-state index contributed by atoms with van der Waals surface area (Å²) in [5, 5.41) is 22.2. The van der Waals surface area contributed by atoms with Crippen LogP contribution in [-0.2, 0) is 11.0 Å². The largest absolute Gasteiger partial charge is 0.481 e. The Morgan fingerprint density at radius 2 is 1.85 bits per heavy atom. The first-order valence-corrected chi connectivity index (χ1v) is 13.0. The van der Waals surface area contributed by atoms with Gasteiger partial charge in [-0.25, -0.2) is 9.98 Å². The quantitative estimate of drug-likeness (QED) is 0.294. The number of hydrogen-bond acceptors (Lipinski definition) is 7. The van der Waals surface area contributed by atoms with Gasteiger partial charge in [-0.1, -0.05) is 25.3 Å². The number of aromatic nitrogens is 1. The zero-order chi connectivity index (χ0) is 29.3. The fraction of sp³-hybridized carbons (Fsp3) is 0.429. The minimum Gasteiger partial charge on any atom is -0.481 e. The summed E-state index contributed by atoms with van der Waals surface area (Å²) in [7, 11) is 1.53. The van der Waals surface area contributed by atoms with Crippen LogP contribution in [0.2, 0.25) is 0 Å². The van der Waals surface area contributed by atoms with Crippen LogP contribution in [0.5, 0.6) is 0 Å². The lowest BCUT2D eigenvalue weighted by Gasteiger charge is -2.33. The molecule has 1 unspecified atom stereocenters. The Hall–Kier alpha value is -3.93. The van der Waals surface area contributed by atoms with Gasteiger partial charge in [0.1, 0.15) is 5.69 Å². The van der Waals surface area contributed by atoms with Gasteiger partial charge in [0.2, 0.25) is 0 Å². The van der Waals surface area contributed by atoms with Gasteiger partial charge >= 0.3 is 12.1 Å². The number of amides is 1. The van der Waals surface area contributed by atoms with E-state index < -0.39 is 30.5 Å². The summed E-state index contributed by atoms with van der Waals surface area (Å²) in [6.45, 7) is -0.398. The lowest BCUT2D eigenvalue weighted by Crippen LogP contribution is -2.35. The molecule has 0 bridgehead atoms. The minimum absolute atomic E-state index is 0.0760. The van der Waals surface area contributed by atoms with Crippen LogP contribution >= 0.6 is 0 Å². The molecule has 0 aliphatic heterocycles. The van der Waals surface area contributed by atoms with Crippen LogP contribution in [0.4, 0.5) is 24.7 Å². The van der Waals surface area contributed by atoms with Crippen LogP contribution in [0.1, 0.15) is 54.6 Å². The SMILES string of the molecule is CN(CCC(=O)O)C(=O)c1ccc(NC(C(C=Nc2cccc(C(F)(F)F)n2)=C(N)CO)C2CCCCC2)cc1. The van der Waals surface area contributed by atoms with E-state index in [9.17, 15) is 27.9 Å². The van der Waals surface area contributed by atoms with Gasteiger partial charge in [0.25, 0.3) is 5.91 Å². The molecule has 0 radical (unpaired) electrons. The summed E-state index contributed by atoms with van der Waals surface area (Å²) in [5.74, 6) is -1.35. The number of aliphatic hydroxyl groups is 1. The number of carboxylic acid groups (broad SMARTS) is 1. The Morgan fingerprint density at radius 3 is 2.45 bits per heavy atom. The second kappa shape index (κ2) is 13.9. The average Bonchev–Trinajstić information content (AvgIpc) is 2.95. The monoisotopic (exact) mass is 561 g/mol. The highest BCUT2D eigenvalue weighted by molar-refractivity contribution is 5.94. The van der Waals surface area contributed by atoms with E-state index in [1.54, 1.807) is 24.3 Å². The molecule has 9 nitrogen and oxygen atoms in total. The van der Waals surface area contributed by atoms with E-state index in [-0.39, 0.29) is 36.3 Å². The highest BCUT2D eigenvalue weighted by atomic mass is 19.4. The van der Waals surface area contributed by atoms with Crippen molar-refractivity contribution in [1.29, 1.82) is 0 Å². The molecule has 12 heteroatoms. The number of anilines is 1. The van der Waals surface area contributed by atoms with Crippen LogP contribution in [0.25, 0.3) is 0 Å². The third kappa shape index (κ3) is 8.54. The van der Waals surface area contributed by atoms with Crippen molar-refractivity contribution in [2.45, 2.75) is 50.7 Å². The molecular formula is C28H34F3N5O4. The molecule has 0 spiro atoms. The lowest BCUT2D eigenvalue weighted by molar-refractivity contribution is -0.141. The van der Waals surface area contributed by atoms with Crippen LogP contribution in [0.3, 0.4) is 0 Å². The van der Waals surface area contributed by atoms with Gasteiger partial charge in [-0.05, 0) is 55.2 Å². The van der Waals surface area contributed by atoms with Crippen molar-refractivity contribution >= 4 is 29.6 Å². The van der Waals surface area contributed by atoms with E-state index in [1.165, 1.54) is 30.3 Å². The molecule has 1 heterocycles. The van der Waals surface area contributed by atoms with Crippen molar-refractivity contribution in [2.75, 3.05) is 25.5 Å². The van der Waals surface area contributed by atoms with E-state index in [1.807, 2.05) is 0 Å². The number of hydrogen-bond donors (Lipinski definition) is 4. The smallest absolute Gasteiger partial charge is 0.433 e. The average molecular weight is 562 g/mol. The highest BCUT2D eigenvalue weighted by Gasteiger charge is 2.32. The van der Waals surface area contributed by atoms with Gasteiger partial charge < -0.3 is 26.2 Å². The number of pyridine rings is 1. The van der Waals surface area contributed by atoms with E-state index in [2.05, 4.69) is 15.3 Å². The fourth-order valence-corrected chi connectivity index (χ4v) is 4.63. The van der Waals surface area contributed by atoms with Crippen molar-refractivity contribution < 1.29 is 33.0 Å². The molecule has 1 aliphatic carbocycles. The number of carboxylic acids is 1.